The van der Waals surface area contributed by atoms with Crippen molar-refractivity contribution in [2.24, 2.45) is 0 Å². The number of nitrogens with zero attached hydrogens (tertiary/aromatic N) is 6. The first-order valence-corrected chi connectivity index (χ1v) is 26.2. The standard InChI is InChI=1S/C30H36ClN4O6P.C24H23ClN4O3/c1-6-25(36)17-22-8-7-9-23(16-22)29-26(31)19-32-30(34-29)33-24-10-11-27(35-12-14-38-15-13-35)28(18-24)41-42(37,39-20(2)3)40-21(4)5;1-2-19(30)13-16-4-3-5-17(12-16)23-20(25)15-26-24(28-23)27-18-6-7-21(22(31)14-18)29-8-10-32-11-9-29/h6-11,16,18-21H,1,12-15,17H2,2-5H3,(H,32,33,34);2-7,12,14-15,31H,1,8-11,13H2,(H,26,27,28). The maximum atomic E-state index is 13.7. The molecule has 6 aromatic rings. The van der Waals surface area contributed by atoms with Crippen LogP contribution in [0.5, 0.6) is 11.5 Å². The number of nitrogens with one attached hydrogen (secondary N) is 2. The third-order valence-corrected chi connectivity index (χ3v) is 13.5. The molecule has 0 bridgehead atoms. The lowest BCUT2D eigenvalue weighted by molar-refractivity contribution is -0.114. The van der Waals surface area contributed by atoms with Crippen LogP contribution in [0, 0.1) is 0 Å². The molecular weight excluding hydrogens is 1010 g/mol. The summed E-state index contributed by atoms with van der Waals surface area (Å²) in [5, 5.41) is 17.6. The number of allylic oxidation sites excluding steroid dienone is 2. The summed E-state index contributed by atoms with van der Waals surface area (Å²) < 4.78 is 41.9. The van der Waals surface area contributed by atoms with E-state index in [0.717, 1.165) is 46.7 Å². The van der Waals surface area contributed by atoms with Gasteiger partial charge >= 0.3 is 7.82 Å². The number of aromatic hydroxyl groups is 1. The fraction of sp³-hybridized carbons (Fsp3) is 0.296. The first-order valence-electron chi connectivity index (χ1n) is 24.0. The first-order chi connectivity index (χ1) is 35.6. The van der Waals surface area contributed by atoms with Gasteiger partial charge in [-0.3, -0.25) is 18.6 Å². The summed E-state index contributed by atoms with van der Waals surface area (Å²) in [6.45, 7) is 19.3. The van der Waals surface area contributed by atoms with Gasteiger partial charge in [0.15, 0.2) is 17.3 Å². The lowest BCUT2D eigenvalue weighted by atomic mass is 10.0. The largest absolute Gasteiger partial charge is 0.530 e. The predicted octanol–water partition coefficient (Wildman–Crippen LogP) is 11.4. The predicted molar refractivity (Wildman–Crippen MR) is 291 cm³/mol. The molecule has 2 aromatic heterocycles. The highest BCUT2D eigenvalue weighted by atomic mass is 35.5. The molecule has 0 aliphatic carbocycles. The van der Waals surface area contributed by atoms with Crippen LogP contribution in [0.25, 0.3) is 22.5 Å². The monoisotopic (exact) mass is 1060 g/mol. The molecule has 388 valence electrons. The molecule has 4 aromatic carbocycles. The smallest absolute Gasteiger partial charge is 0.506 e. The van der Waals surface area contributed by atoms with Crippen LogP contribution in [0.2, 0.25) is 10.0 Å². The highest BCUT2D eigenvalue weighted by Gasteiger charge is 2.33. The van der Waals surface area contributed by atoms with Crippen molar-refractivity contribution in [1.29, 1.82) is 0 Å². The third-order valence-electron chi connectivity index (χ3n) is 11.1. The van der Waals surface area contributed by atoms with Crippen molar-refractivity contribution in [1.82, 2.24) is 19.9 Å². The van der Waals surface area contributed by atoms with E-state index >= 15 is 0 Å². The molecule has 0 atom stereocenters. The molecule has 20 heteroatoms. The number of hydrogen-bond acceptors (Lipinski definition) is 17. The average Bonchev–Trinajstić information content (AvgIpc) is 3.38. The van der Waals surface area contributed by atoms with E-state index < -0.39 is 20.0 Å². The lowest BCUT2D eigenvalue weighted by Gasteiger charge is -2.31. The summed E-state index contributed by atoms with van der Waals surface area (Å²) in [5.74, 6) is 0.983. The molecule has 4 heterocycles. The molecule has 0 spiro atoms. The lowest BCUT2D eigenvalue weighted by Crippen LogP contribution is -2.36. The number of carbonyl (C=O) groups excluding carboxylic acids is 2. The molecule has 0 saturated carbocycles. The number of anilines is 6. The van der Waals surface area contributed by atoms with Crippen molar-refractivity contribution in [3.05, 3.63) is 144 Å². The number of benzene rings is 4. The number of phenols is 1. The number of hydrogen-bond donors (Lipinski definition) is 3. The van der Waals surface area contributed by atoms with Crippen LogP contribution in [0.1, 0.15) is 38.8 Å². The summed E-state index contributed by atoms with van der Waals surface area (Å²) in [6.07, 6.45) is 5.36. The highest BCUT2D eigenvalue weighted by Crippen LogP contribution is 2.54. The fourth-order valence-electron chi connectivity index (χ4n) is 7.83. The maximum absolute atomic E-state index is 13.7. The molecule has 2 aliphatic rings. The van der Waals surface area contributed by atoms with Crippen LogP contribution in [0.15, 0.2) is 123 Å². The normalized spacial score (nSPS) is 13.7. The molecular formula is C54H59Cl2N8O9P. The van der Waals surface area contributed by atoms with Gasteiger partial charge in [0, 0.05) is 73.7 Å². The van der Waals surface area contributed by atoms with E-state index in [-0.39, 0.29) is 36.1 Å². The molecule has 0 unspecified atom stereocenters. The van der Waals surface area contributed by atoms with Crippen molar-refractivity contribution in [3.8, 4) is 34.0 Å². The van der Waals surface area contributed by atoms with E-state index in [1.165, 1.54) is 24.5 Å². The Balaban J connectivity index is 0.000000224. The number of ether oxygens (including phenoxy) is 2. The van der Waals surface area contributed by atoms with Gasteiger partial charge in [-0.25, -0.2) is 24.5 Å². The van der Waals surface area contributed by atoms with Gasteiger partial charge in [-0.2, -0.15) is 0 Å². The number of phosphoric ester groups is 1. The topological polar surface area (TPSA) is 200 Å². The summed E-state index contributed by atoms with van der Waals surface area (Å²) in [6, 6.07) is 25.7. The van der Waals surface area contributed by atoms with Crippen LogP contribution in [-0.4, -0.2) is 101 Å². The molecule has 2 fully saturated rings. The minimum atomic E-state index is -3.97. The second kappa shape index (κ2) is 26.0. The van der Waals surface area contributed by atoms with Gasteiger partial charge in [-0.1, -0.05) is 72.8 Å². The van der Waals surface area contributed by atoms with Crippen molar-refractivity contribution >= 4 is 77.2 Å². The van der Waals surface area contributed by atoms with Gasteiger partial charge in [0.05, 0.1) is 83.8 Å². The Labute approximate surface area is 441 Å². The number of rotatable bonds is 20. The number of ketones is 2. The van der Waals surface area contributed by atoms with Gasteiger partial charge in [0.2, 0.25) is 11.9 Å². The second-order valence-electron chi connectivity index (χ2n) is 17.6. The number of phosphoric acid groups is 1. The van der Waals surface area contributed by atoms with Gasteiger partial charge in [0.1, 0.15) is 5.75 Å². The quantitative estimate of drug-likeness (QED) is 0.0481. The summed E-state index contributed by atoms with van der Waals surface area (Å²) in [4.78, 5) is 45.5. The number of phenolic OH excluding ortho intramolecular Hbond substituents is 1. The van der Waals surface area contributed by atoms with Crippen molar-refractivity contribution in [2.45, 2.75) is 52.7 Å². The van der Waals surface area contributed by atoms with Crippen LogP contribution < -0.4 is 25.0 Å². The molecule has 2 saturated heterocycles. The van der Waals surface area contributed by atoms with E-state index in [0.29, 0.717) is 84.0 Å². The van der Waals surface area contributed by atoms with Gasteiger partial charge in [0.25, 0.3) is 0 Å². The average molecular weight is 1070 g/mol. The first kappa shape index (κ1) is 55.1. The van der Waals surface area contributed by atoms with Crippen molar-refractivity contribution in [3.63, 3.8) is 0 Å². The van der Waals surface area contributed by atoms with Gasteiger partial charge in [-0.15, -0.1) is 0 Å². The molecule has 3 N–H and O–H groups in total. The molecule has 74 heavy (non-hydrogen) atoms. The fourth-order valence-corrected chi connectivity index (χ4v) is 9.79. The van der Waals surface area contributed by atoms with Gasteiger partial charge in [-0.05, 0) is 87.4 Å². The van der Waals surface area contributed by atoms with E-state index in [1.807, 2.05) is 72.8 Å². The number of morpholine rings is 2. The highest BCUT2D eigenvalue weighted by molar-refractivity contribution is 7.49. The zero-order valence-electron chi connectivity index (χ0n) is 41.6. The van der Waals surface area contributed by atoms with Crippen molar-refractivity contribution < 1.29 is 42.3 Å². The van der Waals surface area contributed by atoms with E-state index in [4.69, 9.17) is 46.2 Å². The van der Waals surface area contributed by atoms with Crippen LogP contribution in [-0.2, 0) is 45.5 Å². The summed E-state index contributed by atoms with van der Waals surface area (Å²) >= 11 is 12.8. The Bertz CT molecular complexity index is 2990. The number of carbonyl (C=O) groups is 2. The van der Waals surface area contributed by atoms with Crippen molar-refractivity contribution in [2.75, 3.05) is 73.0 Å². The molecule has 8 rings (SSSR count). The number of aromatic nitrogens is 4. The Morgan fingerprint density at radius 3 is 1.58 bits per heavy atom. The van der Waals surface area contributed by atoms with E-state index in [1.54, 1.807) is 39.8 Å². The van der Waals surface area contributed by atoms with Crippen LogP contribution in [0.4, 0.5) is 34.6 Å². The summed E-state index contributed by atoms with van der Waals surface area (Å²) in [5.41, 5.74) is 6.97. The third kappa shape index (κ3) is 15.4. The molecule has 0 radical (unpaired) electrons. The number of halogens is 2. The molecule has 2 aliphatic heterocycles. The minimum absolute atomic E-state index is 0.0568. The zero-order chi connectivity index (χ0) is 52.8. The summed E-state index contributed by atoms with van der Waals surface area (Å²) in [7, 11) is -3.97. The minimum Gasteiger partial charge on any atom is -0.506 e. The Kier molecular flexibility index (Phi) is 19.3. The Morgan fingerprint density at radius 1 is 0.689 bits per heavy atom. The second-order valence-corrected chi connectivity index (χ2v) is 19.9. The maximum Gasteiger partial charge on any atom is 0.530 e. The van der Waals surface area contributed by atoms with Crippen LogP contribution >= 0.6 is 31.0 Å². The van der Waals surface area contributed by atoms with E-state index in [2.05, 4.69) is 53.5 Å². The zero-order valence-corrected chi connectivity index (χ0v) is 44.0. The Hall–Kier alpha value is -6.69. The Morgan fingerprint density at radius 2 is 1.14 bits per heavy atom. The molecule has 0 amide bonds. The van der Waals surface area contributed by atoms with E-state index in [9.17, 15) is 19.3 Å². The van der Waals surface area contributed by atoms with Crippen LogP contribution in [0.3, 0.4) is 0 Å². The molecule has 17 nitrogen and oxygen atoms in total. The van der Waals surface area contributed by atoms with Gasteiger partial charge < -0.3 is 39.5 Å². The SMILES string of the molecule is C=CC(=O)Cc1cccc(-c2nc(Nc3ccc(N4CCOCC4)c(O)c3)ncc2Cl)c1.C=CC(=O)Cc1cccc(-c2nc(Nc3ccc(N4CCOCC4)c(OP(=O)(OC(C)C)OC(C)C)c3)ncc2Cl)c1.